The topological polar surface area (TPSA) is 101 Å². The summed E-state index contributed by atoms with van der Waals surface area (Å²) in [5, 5.41) is 6.98. The average Bonchev–Trinajstić information content (AvgIpc) is 3.38. The average molecular weight is 374 g/mol. The molecule has 2 amide bonds. The van der Waals surface area contributed by atoms with Crippen molar-refractivity contribution in [2.75, 3.05) is 6.54 Å². The molecule has 1 aliphatic heterocycles. The summed E-state index contributed by atoms with van der Waals surface area (Å²) in [5.41, 5.74) is 6.32. The SMILES string of the molecule is C[C@H]1C[C@H](NC(=O)c2cc(C3CC3)on2)CCN1C(=O)C1CCC(N)CC1. The summed E-state index contributed by atoms with van der Waals surface area (Å²) in [6.07, 6.45) is 7.48. The Labute approximate surface area is 160 Å². The number of hydrogen-bond acceptors (Lipinski definition) is 5. The van der Waals surface area contributed by atoms with Gasteiger partial charge in [-0.05, 0) is 58.3 Å². The van der Waals surface area contributed by atoms with Crippen molar-refractivity contribution < 1.29 is 14.1 Å². The quantitative estimate of drug-likeness (QED) is 0.841. The van der Waals surface area contributed by atoms with E-state index in [9.17, 15) is 9.59 Å². The number of carbonyl (C=O) groups is 2. The van der Waals surface area contributed by atoms with E-state index in [2.05, 4.69) is 17.4 Å². The number of hydrogen-bond donors (Lipinski definition) is 2. The highest BCUT2D eigenvalue weighted by Gasteiger charge is 2.35. The van der Waals surface area contributed by atoms with E-state index in [0.717, 1.165) is 57.1 Å². The molecule has 3 aliphatic rings. The Balaban J connectivity index is 1.28. The highest BCUT2D eigenvalue weighted by molar-refractivity contribution is 5.92. The number of amides is 2. The van der Waals surface area contributed by atoms with Crippen LogP contribution < -0.4 is 11.1 Å². The van der Waals surface area contributed by atoms with Gasteiger partial charge < -0.3 is 20.5 Å². The van der Waals surface area contributed by atoms with Crippen LogP contribution in [0.1, 0.15) is 80.5 Å². The predicted molar refractivity (Wildman–Crippen MR) is 100 cm³/mol. The molecule has 1 saturated heterocycles. The number of likely N-dealkylation sites (tertiary alicyclic amines) is 1. The Hall–Kier alpha value is -1.89. The minimum absolute atomic E-state index is 0.0670. The number of rotatable bonds is 4. The first-order valence-corrected chi connectivity index (χ1v) is 10.3. The number of aromatic nitrogens is 1. The smallest absolute Gasteiger partial charge is 0.273 e. The third-order valence-electron chi connectivity index (χ3n) is 6.36. The minimum Gasteiger partial charge on any atom is -0.360 e. The van der Waals surface area contributed by atoms with E-state index >= 15 is 0 Å². The summed E-state index contributed by atoms with van der Waals surface area (Å²) >= 11 is 0. The van der Waals surface area contributed by atoms with Crippen LogP contribution in [0.25, 0.3) is 0 Å². The molecule has 2 atom stereocenters. The molecule has 2 heterocycles. The summed E-state index contributed by atoms with van der Waals surface area (Å²) < 4.78 is 5.27. The zero-order valence-electron chi connectivity index (χ0n) is 16.0. The van der Waals surface area contributed by atoms with Crippen molar-refractivity contribution in [2.45, 2.75) is 82.3 Å². The van der Waals surface area contributed by atoms with Crippen molar-refractivity contribution in [3.63, 3.8) is 0 Å². The van der Waals surface area contributed by atoms with Gasteiger partial charge in [0.1, 0.15) is 5.76 Å². The van der Waals surface area contributed by atoms with Gasteiger partial charge in [-0.1, -0.05) is 5.16 Å². The fourth-order valence-electron chi connectivity index (χ4n) is 4.45. The molecule has 0 radical (unpaired) electrons. The fraction of sp³-hybridized carbons (Fsp3) is 0.750. The van der Waals surface area contributed by atoms with Crippen LogP contribution in [0.4, 0.5) is 0 Å². The van der Waals surface area contributed by atoms with Gasteiger partial charge in [-0.15, -0.1) is 0 Å². The zero-order chi connectivity index (χ0) is 19.0. The molecule has 3 fully saturated rings. The Kier molecular flexibility index (Phi) is 5.21. The maximum atomic E-state index is 12.9. The molecule has 0 unspecified atom stereocenters. The van der Waals surface area contributed by atoms with Crippen LogP contribution in [0.2, 0.25) is 0 Å². The molecule has 2 aliphatic carbocycles. The van der Waals surface area contributed by atoms with Gasteiger partial charge in [-0.3, -0.25) is 9.59 Å². The van der Waals surface area contributed by atoms with Crippen LogP contribution >= 0.6 is 0 Å². The lowest BCUT2D eigenvalue weighted by Crippen LogP contribution is -2.52. The normalized spacial score (nSPS) is 31.6. The Bertz CT molecular complexity index is 691. The highest BCUT2D eigenvalue weighted by atomic mass is 16.5. The van der Waals surface area contributed by atoms with Crippen molar-refractivity contribution in [1.29, 1.82) is 0 Å². The van der Waals surface area contributed by atoms with Gasteiger partial charge in [0.25, 0.3) is 5.91 Å². The van der Waals surface area contributed by atoms with Gasteiger partial charge in [0, 0.05) is 42.6 Å². The largest absolute Gasteiger partial charge is 0.360 e. The molecule has 0 bridgehead atoms. The first kappa shape index (κ1) is 18.5. The molecular weight excluding hydrogens is 344 g/mol. The highest BCUT2D eigenvalue weighted by Crippen LogP contribution is 2.40. The number of nitrogens with two attached hydrogens (primary N) is 1. The molecule has 1 aromatic rings. The van der Waals surface area contributed by atoms with Crippen molar-refractivity contribution >= 4 is 11.8 Å². The third kappa shape index (κ3) is 4.18. The first-order chi connectivity index (χ1) is 13.0. The lowest BCUT2D eigenvalue weighted by Gasteiger charge is -2.40. The lowest BCUT2D eigenvalue weighted by atomic mass is 9.84. The molecule has 0 aromatic carbocycles. The summed E-state index contributed by atoms with van der Waals surface area (Å²) in [6, 6.07) is 2.22. The van der Waals surface area contributed by atoms with Gasteiger partial charge in [-0.2, -0.15) is 0 Å². The maximum absolute atomic E-state index is 12.9. The molecule has 2 saturated carbocycles. The molecule has 27 heavy (non-hydrogen) atoms. The van der Waals surface area contributed by atoms with Gasteiger partial charge in [-0.25, -0.2) is 0 Å². The summed E-state index contributed by atoms with van der Waals surface area (Å²) in [6.45, 7) is 2.77. The number of carbonyl (C=O) groups excluding carboxylic acids is 2. The van der Waals surface area contributed by atoms with Crippen LogP contribution in [0.5, 0.6) is 0 Å². The lowest BCUT2D eigenvalue weighted by molar-refractivity contribution is -0.140. The molecule has 1 aromatic heterocycles. The van der Waals surface area contributed by atoms with Crippen LogP contribution in [-0.2, 0) is 4.79 Å². The second-order valence-electron chi connectivity index (χ2n) is 8.58. The van der Waals surface area contributed by atoms with Gasteiger partial charge in [0.2, 0.25) is 5.91 Å². The van der Waals surface area contributed by atoms with Crippen molar-refractivity contribution in [3.05, 3.63) is 17.5 Å². The van der Waals surface area contributed by atoms with Crippen molar-refractivity contribution in [1.82, 2.24) is 15.4 Å². The van der Waals surface area contributed by atoms with E-state index in [4.69, 9.17) is 10.3 Å². The predicted octanol–water partition coefficient (Wildman–Crippen LogP) is 2.18. The van der Waals surface area contributed by atoms with Crippen molar-refractivity contribution in [3.8, 4) is 0 Å². The molecule has 7 heteroatoms. The summed E-state index contributed by atoms with van der Waals surface area (Å²) in [7, 11) is 0. The monoisotopic (exact) mass is 374 g/mol. The Morgan fingerprint density at radius 1 is 1.19 bits per heavy atom. The second kappa shape index (κ2) is 7.62. The van der Waals surface area contributed by atoms with E-state index in [-0.39, 0.29) is 35.9 Å². The van der Waals surface area contributed by atoms with Crippen LogP contribution in [0.3, 0.4) is 0 Å². The Morgan fingerprint density at radius 2 is 1.93 bits per heavy atom. The third-order valence-corrected chi connectivity index (χ3v) is 6.36. The molecule has 7 nitrogen and oxygen atoms in total. The fourth-order valence-corrected chi connectivity index (χ4v) is 4.45. The summed E-state index contributed by atoms with van der Waals surface area (Å²) in [5.74, 6) is 1.48. The molecule has 148 valence electrons. The van der Waals surface area contributed by atoms with Crippen molar-refractivity contribution in [2.24, 2.45) is 11.7 Å². The van der Waals surface area contributed by atoms with Gasteiger partial charge in [0.15, 0.2) is 5.69 Å². The van der Waals surface area contributed by atoms with E-state index in [1.165, 1.54) is 0 Å². The Morgan fingerprint density at radius 3 is 2.59 bits per heavy atom. The van der Waals surface area contributed by atoms with Crippen LogP contribution in [0.15, 0.2) is 10.6 Å². The molecular formula is C20H30N4O3. The van der Waals surface area contributed by atoms with Crippen LogP contribution in [0, 0.1) is 5.92 Å². The molecule has 0 spiro atoms. The van der Waals surface area contributed by atoms with E-state index in [1.54, 1.807) is 6.07 Å². The molecule has 4 rings (SSSR count). The first-order valence-electron chi connectivity index (χ1n) is 10.3. The molecule has 3 N–H and O–H groups in total. The number of piperidine rings is 1. The minimum atomic E-state index is -0.177. The second-order valence-corrected chi connectivity index (χ2v) is 8.58. The van der Waals surface area contributed by atoms with E-state index < -0.39 is 0 Å². The maximum Gasteiger partial charge on any atom is 0.273 e. The number of nitrogens with one attached hydrogen (secondary N) is 1. The van der Waals surface area contributed by atoms with E-state index in [0.29, 0.717) is 18.2 Å². The van der Waals surface area contributed by atoms with Gasteiger partial charge in [0.05, 0.1) is 0 Å². The number of nitrogens with zero attached hydrogens (tertiary/aromatic N) is 2. The van der Waals surface area contributed by atoms with E-state index in [1.807, 2.05) is 4.90 Å². The standard InChI is InChI=1S/C20H30N4O3/c1-12-10-16(22-19(25)17-11-18(27-23-17)13-2-3-13)8-9-24(12)20(26)14-4-6-15(21)7-5-14/h11-16H,2-10,21H2,1H3,(H,22,25)/t12-,14?,15?,16+/m0/s1. The zero-order valence-corrected chi connectivity index (χ0v) is 16.0. The van der Waals surface area contributed by atoms with Gasteiger partial charge >= 0.3 is 0 Å². The van der Waals surface area contributed by atoms with Crippen LogP contribution in [-0.4, -0.2) is 46.5 Å². The summed E-state index contributed by atoms with van der Waals surface area (Å²) in [4.78, 5) is 27.3.